The molecule has 0 unspecified atom stereocenters. The highest BCUT2D eigenvalue weighted by Crippen LogP contribution is 2.23. The van der Waals surface area contributed by atoms with E-state index in [1.54, 1.807) is 13.8 Å². The zero-order chi connectivity index (χ0) is 19.5. The van der Waals surface area contributed by atoms with Crippen LogP contribution in [0.3, 0.4) is 0 Å². The van der Waals surface area contributed by atoms with Crippen LogP contribution in [-0.2, 0) is 20.0 Å². The van der Waals surface area contributed by atoms with Gasteiger partial charge in [0.25, 0.3) is 10.0 Å². The van der Waals surface area contributed by atoms with E-state index < -0.39 is 25.9 Å². The molecule has 0 saturated heterocycles. The highest BCUT2D eigenvalue weighted by Gasteiger charge is 2.23. The molecule has 0 amide bonds. The van der Waals surface area contributed by atoms with Gasteiger partial charge in [-0.15, -0.1) is 0 Å². The van der Waals surface area contributed by atoms with Gasteiger partial charge >= 0.3 is 0 Å². The quantitative estimate of drug-likeness (QED) is 0.744. The van der Waals surface area contributed by atoms with Crippen molar-refractivity contribution in [2.24, 2.45) is 0 Å². The fourth-order valence-corrected chi connectivity index (χ4v) is 4.96. The van der Waals surface area contributed by atoms with Crippen molar-refractivity contribution in [2.75, 3.05) is 17.8 Å². The number of hydrogen-bond acceptors (Lipinski definition) is 4. The van der Waals surface area contributed by atoms with Crippen molar-refractivity contribution in [2.45, 2.75) is 23.6 Å². The van der Waals surface area contributed by atoms with E-state index in [2.05, 4.69) is 4.72 Å². The molecule has 0 spiro atoms. The third kappa shape index (κ3) is 4.35. The van der Waals surface area contributed by atoms with Crippen LogP contribution in [0.4, 0.5) is 10.1 Å². The second kappa shape index (κ2) is 7.91. The summed E-state index contributed by atoms with van der Waals surface area (Å²) in [4.78, 5) is -0.205. The van der Waals surface area contributed by atoms with Gasteiger partial charge in [0.05, 0.1) is 15.5 Å². The van der Waals surface area contributed by atoms with Gasteiger partial charge in [-0.2, -0.15) is 4.31 Å². The lowest BCUT2D eigenvalue weighted by molar-refractivity contribution is 0.445. The van der Waals surface area contributed by atoms with Crippen molar-refractivity contribution < 1.29 is 21.2 Å². The van der Waals surface area contributed by atoms with Gasteiger partial charge in [0.1, 0.15) is 5.82 Å². The molecule has 0 radical (unpaired) electrons. The third-order valence-corrected chi connectivity index (χ3v) is 7.33. The number of sulfonamides is 2. The van der Waals surface area contributed by atoms with Crippen molar-refractivity contribution in [3.63, 3.8) is 0 Å². The van der Waals surface area contributed by atoms with E-state index in [1.165, 1.54) is 28.6 Å². The molecular weight excluding hydrogens is 403 g/mol. The van der Waals surface area contributed by atoms with Gasteiger partial charge in [-0.3, -0.25) is 4.72 Å². The Morgan fingerprint density at radius 1 is 0.962 bits per heavy atom. The molecular formula is C16H18ClFN2O4S2. The van der Waals surface area contributed by atoms with Crippen LogP contribution in [0.2, 0.25) is 5.02 Å². The minimum atomic E-state index is -4.08. The molecule has 2 rings (SSSR count). The number of nitrogens with zero attached hydrogens (tertiary/aromatic N) is 1. The maximum absolute atomic E-state index is 13.8. The van der Waals surface area contributed by atoms with E-state index in [0.29, 0.717) is 13.1 Å². The smallest absolute Gasteiger partial charge is 0.261 e. The summed E-state index contributed by atoms with van der Waals surface area (Å²) in [6.07, 6.45) is 0. The Kier molecular flexibility index (Phi) is 6.28. The number of rotatable bonds is 7. The largest absolute Gasteiger partial charge is 0.277 e. The van der Waals surface area contributed by atoms with E-state index >= 15 is 0 Å². The lowest BCUT2D eigenvalue weighted by atomic mass is 10.3. The van der Waals surface area contributed by atoms with E-state index in [1.807, 2.05) is 0 Å². The molecule has 0 aliphatic carbocycles. The van der Waals surface area contributed by atoms with Crippen molar-refractivity contribution in [1.29, 1.82) is 0 Å². The number of halogens is 2. The fraction of sp³-hybridized carbons (Fsp3) is 0.250. The zero-order valence-corrected chi connectivity index (χ0v) is 16.5. The van der Waals surface area contributed by atoms with Crippen LogP contribution in [0.15, 0.2) is 52.3 Å². The Morgan fingerprint density at radius 2 is 1.50 bits per heavy atom. The SMILES string of the molecule is CCN(CC)S(=O)(=O)c1ccc(S(=O)(=O)Nc2ccc(Cl)cc2F)cc1. The molecule has 0 aliphatic rings. The monoisotopic (exact) mass is 420 g/mol. The van der Waals surface area contributed by atoms with Crippen LogP contribution in [0.25, 0.3) is 0 Å². The number of nitrogens with one attached hydrogen (secondary N) is 1. The maximum atomic E-state index is 13.8. The summed E-state index contributed by atoms with van der Waals surface area (Å²) >= 11 is 5.64. The summed E-state index contributed by atoms with van der Waals surface area (Å²) in [5, 5.41) is 0.136. The Hall–Kier alpha value is -1.68. The second-order valence-electron chi connectivity index (χ2n) is 5.29. The van der Waals surface area contributed by atoms with E-state index in [4.69, 9.17) is 11.6 Å². The van der Waals surface area contributed by atoms with Gasteiger partial charge in [0, 0.05) is 18.1 Å². The summed E-state index contributed by atoms with van der Waals surface area (Å²) in [6.45, 7) is 4.03. The number of anilines is 1. The van der Waals surface area contributed by atoms with Crippen LogP contribution in [0, 0.1) is 5.82 Å². The molecule has 0 saturated carbocycles. The number of benzene rings is 2. The Morgan fingerprint density at radius 3 is 2.00 bits per heavy atom. The Labute approximate surface area is 157 Å². The van der Waals surface area contributed by atoms with Crippen LogP contribution >= 0.6 is 11.6 Å². The predicted molar refractivity (Wildman–Crippen MR) is 98.8 cm³/mol. The molecule has 26 heavy (non-hydrogen) atoms. The first-order valence-corrected chi connectivity index (χ1v) is 11.0. The summed E-state index contributed by atoms with van der Waals surface area (Å²) in [6, 6.07) is 8.27. The molecule has 6 nitrogen and oxygen atoms in total. The van der Waals surface area contributed by atoms with Crippen LogP contribution < -0.4 is 4.72 Å². The molecule has 1 N–H and O–H groups in total. The summed E-state index contributed by atoms with van der Waals surface area (Å²) in [5.41, 5.74) is -0.255. The zero-order valence-electron chi connectivity index (χ0n) is 14.1. The van der Waals surface area contributed by atoms with Crippen LogP contribution in [0.5, 0.6) is 0 Å². The van der Waals surface area contributed by atoms with Gasteiger partial charge in [-0.05, 0) is 42.5 Å². The lowest BCUT2D eigenvalue weighted by Crippen LogP contribution is -2.30. The molecule has 0 aromatic heterocycles. The molecule has 0 fully saturated rings. The topological polar surface area (TPSA) is 83.6 Å². The molecule has 0 bridgehead atoms. The van der Waals surface area contributed by atoms with Crippen molar-refractivity contribution in [1.82, 2.24) is 4.31 Å². The standard InChI is InChI=1S/C16H18ClFN2O4S2/c1-3-20(4-2)26(23,24)14-8-6-13(7-9-14)25(21,22)19-16-10-5-12(17)11-15(16)18/h5-11,19H,3-4H2,1-2H3. The highest BCUT2D eigenvalue weighted by atomic mass is 35.5. The first-order chi connectivity index (χ1) is 12.1. The van der Waals surface area contributed by atoms with Crippen LogP contribution in [0.1, 0.15) is 13.8 Å². The van der Waals surface area contributed by atoms with Crippen molar-refractivity contribution in [3.8, 4) is 0 Å². The van der Waals surface area contributed by atoms with Gasteiger partial charge in [-0.25, -0.2) is 21.2 Å². The van der Waals surface area contributed by atoms with Gasteiger partial charge in [0.2, 0.25) is 10.0 Å². The van der Waals surface area contributed by atoms with Crippen molar-refractivity contribution >= 4 is 37.3 Å². The first kappa shape index (κ1) is 20.6. The average molecular weight is 421 g/mol. The van der Waals surface area contributed by atoms with Gasteiger partial charge in [-0.1, -0.05) is 25.4 Å². The van der Waals surface area contributed by atoms with Crippen LogP contribution in [-0.4, -0.2) is 34.2 Å². The molecule has 0 aliphatic heterocycles. The first-order valence-electron chi connectivity index (χ1n) is 7.70. The number of hydrogen-bond donors (Lipinski definition) is 1. The van der Waals surface area contributed by atoms with Gasteiger partial charge in [0.15, 0.2) is 0 Å². The summed E-state index contributed by atoms with van der Waals surface area (Å²) in [5.74, 6) is -0.818. The minimum Gasteiger partial charge on any atom is -0.277 e. The lowest BCUT2D eigenvalue weighted by Gasteiger charge is -2.18. The summed E-state index contributed by atoms with van der Waals surface area (Å²) < 4.78 is 66.8. The van der Waals surface area contributed by atoms with E-state index in [-0.39, 0.29) is 20.5 Å². The van der Waals surface area contributed by atoms with E-state index in [0.717, 1.165) is 18.2 Å². The molecule has 0 heterocycles. The predicted octanol–water partition coefficient (Wildman–Crippen LogP) is 3.31. The fourth-order valence-electron chi connectivity index (χ4n) is 2.28. The Bertz CT molecular complexity index is 989. The maximum Gasteiger partial charge on any atom is 0.261 e. The normalized spacial score (nSPS) is 12.3. The molecule has 2 aromatic rings. The third-order valence-electron chi connectivity index (χ3n) is 3.65. The molecule has 142 valence electrons. The molecule has 2 aromatic carbocycles. The van der Waals surface area contributed by atoms with Gasteiger partial charge < -0.3 is 0 Å². The average Bonchev–Trinajstić information content (AvgIpc) is 2.58. The minimum absolute atomic E-state index is 0.0159. The molecule has 0 atom stereocenters. The Balaban J connectivity index is 2.32. The van der Waals surface area contributed by atoms with Crippen molar-refractivity contribution in [3.05, 3.63) is 53.3 Å². The second-order valence-corrected chi connectivity index (χ2v) is 9.35. The van der Waals surface area contributed by atoms with E-state index in [9.17, 15) is 21.2 Å². The highest BCUT2D eigenvalue weighted by molar-refractivity contribution is 7.92. The summed E-state index contributed by atoms with van der Waals surface area (Å²) in [7, 11) is -7.77. The molecule has 10 heteroatoms.